The zero-order chi connectivity index (χ0) is 15.0. The van der Waals surface area contributed by atoms with Crippen molar-refractivity contribution in [2.24, 2.45) is 5.73 Å². The third kappa shape index (κ3) is 5.03. The molecule has 1 aliphatic heterocycles. The Hall–Kier alpha value is -0.660. The third-order valence-electron chi connectivity index (χ3n) is 3.51. The number of sulfonamides is 1. The Labute approximate surface area is 122 Å². The highest BCUT2D eigenvalue weighted by Gasteiger charge is 2.35. The number of carbonyl (C=O) groups excluding carboxylic acids is 1. The second-order valence-electron chi connectivity index (χ2n) is 5.23. The van der Waals surface area contributed by atoms with Gasteiger partial charge in [0.2, 0.25) is 15.9 Å². The molecule has 6 nitrogen and oxygen atoms in total. The Morgan fingerprint density at radius 3 is 2.75 bits per heavy atom. The van der Waals surface area contributed by atoms with Crippen molar-refractivity contribution in [2.45, 2.75) is 51.5 Å². The lowest BCUT2D eigenvalue weighted by atomic mass is 10.0. The number of hydrogen-bond acceptors (Lipinski definition) is 4. The molecule has 0 spiro atoms. The van der Waals surface area contributed by atoms with Crippen molar-refractivity contribution in [3.05, 3.63) is 0 Å². The number of hydrogen-bond donors (Lipinski definition) is 2. The van der Waals surface area contributed by atoms with Crippen LogP contribution in [0.3, 0.4) is 0 Å². The molecule has 1 atom stereocenters. The fourth-order valence-electron chi connectivity index (χ4n) is 2.47. The smallest absolute Gasteiger partial charge is 0.238 e. The molecule has 0 aliphatic carbocycles. The fourth-order valence-corrected chi connectivity index (χ4v) is 4.22. The van der Waals surface area contributed by atoms with Gasteiger partial charge in [-0.25, -0.2) is 8.42 Å². The summed E-state index contributed by atoms with van der Waals surface area (Å²) in [6, 6.07) is -0.529. The lowest BCUT2D eigenvalue weighted by molar-refractivity contribution is -0.125. The van der Waals surface area contributed by atoms with Crippen molar-refractivity contribution in [2.75, 3.05) is 25.4 Å². The number of piperidine rings is 1. The molecule has 7 heteroatoms. The van der Waals surface area contributed by atoms with Gasteiger partial charge in [0.15, 0.2) is 0 Å². The highest BCUT2D eigenvalue weighted by Crippen LogP contribution is 2.21. The highest BCUT2D eigenvalue weighted by molar-refractivity contribution is 7.89. The van der Waals surface area contributed by atoms with Gasteiger partial charge >= 0.3 is 0 Å². The first-order valence-corrected chi connectivity index (χ1v) is 9.11. The zero-order valence-electron chi connectivity index (χ0n) is 12.3. The summed E-state index contributed by atoms with van der Waals surface area (Å²) < 4.78 is 25.8. The van der Waals surface area contributed by atoms with E-state index in [1.165, 1.54) is 4.31 Å². The van der Waals surface area contributed by atoms with Gasteiger partial charge in [0.1, 0.15) is 6.04 Å². The van der Waals surface area contributed by atoms with Crippen molar-refractivity contribution < 1.29 is 13.2 Å². The molecular formula is C13H27N3O3S. The Morgan fingerprint density at radius 1 is 1.35 bits per heavy atom. The largest absolute Gasteiger partial charge is 0.355 e. The molecule has 1 unspecified atom stereocenters. The quantitative estimate of drug-likeness (QED) is 0.636. The molecule has 1 amide bonds. The zero-order valence-corrected chi connectivity index (χ0v) is 13.1. The van der Waals surface area contributed by atoms with E-state index in [2.05, 4.69) is 5.32 Å². The maximum atomic E-state index is 12.2. The maximum Gasteiger partial charge on any atom is 0.238 e. The Morgan fingerprint density at radius 2 is 2.10 bits per heavy atom. The maximum absolute atomic E-state index is 12.2. The molecule has 0 aromatic heterocycles. The number of amides is 1. The van der Waals surface area contributed by atoms with Crippen LogP contribution in [-0.2, 0) is 14.8 Å². The minimum Gasteiger partial charge on any atom is -0.355 e. The van der Waals surface area contributed by atoms with E-state index in [0.29, 0.717) is 32.5 Å². The Balaban J connectivity index is 2.62. The van der Waals surface area contributed by atoms with Crippen LogP contribution >= 0.6 is 0 Å². The van der Waals surface area contributed by atoms with Crippen LogP contribution < -0.4 is 11.1 Å². The van der Waals surface area contributed by atoms with Crippen LogP contribution in [0.15, 0.2) is 0 Å². The summed E-state index contributed by atoms with van der Waals surface area (Å²) >= 11 is 0. The lowest BCUT2D eigenvalue weighted by Gasteiger charge is -2.33. The van der Waals surface area contributed by atoms with Gasteiger partial charge in [-0.15, -0.1) is 0 Å². The second-order valence-corrected chi connectivity index (χ2v) is 7.27. The monoisotopic (exact) mass is 305 g/mol. The molecule has 1 fully saturated rings. The standard InChI is InChI=1S/C13H27N3O3S/c1-2-11-20(18,19)16-10-6-3-7-12(16)13(17)15-9-5-4-8-14/h12H,2-11,14H2,1H3,(H,15,17). The highest BCUT2D eigenvalue weighted by atomic mass is 32.2. The number of nitrogens with two attached hydrogens (primary N) is 1. The summed E-state index contributed by atoms with van der Waals surface area (Å²) in [4.78, 5) is 12.2. The van der Waals surface area contributed by atoms with E-state index in [-0.39, 0.29) is 11.7 Å². The van der Waals surface area contributed by atoms with Gasteiger partial charge in [-0.3, -0.25) is 4.79 Å². The van der Waals surface area contributed by atoms with Gasteiger partial charge in [-0.2, -0.15) is 4.31 Å². The molecule has 118 valence electrons. The SMILES string of the molecule is CCCS(=O)(=O)N1CCCCC1C(=O)NCCCCN. The van der Waals surface area contributed by atoms with E-state index in [9.17, 15) is 13.2 Å². The Kier molecular flexibility index (Phi) is 7.47. The number of rotatable bonds is 8. The van der Waals surface area contributed by atoms with Crippen molar-refractivity contribution in [3.63, 3.8) is 0 Å². The molecule has 1 heterocycles. The Bertz CT molecular complexity index is 398. The van der Waals surface area contributed by atoms with E-state index in [1.807, 2.05) is 6.92 Å². The summed E-state index contributed by atoms with van der Waals surface area (Å²) in [5.74, 6) is -0.0503. The number of carbonyl (C=O) groups is 1. The number of nitrogens with one attached hydrogen (secondary N) is 1. The fraction of sp³-hybridized carbons (Fsp3) is 0.923. The number of nitrogens with zero attached hydrogens (tertiary/aromatic N) is 1. The van der Waals surface area contributed by atoms with E-state index < -0.39 is 16.1 Å². The van der Waals surface area contributed by atoms with Gasteiger partial charge in [-0.1, -0.05) is 13.3 Å². The molecule has 0 aromatic carbocycles. The molecule has 0 radical (unpaired) electrons. The molecule has 1 aliphatic rings. The van der Waals surface area contributed by atoms with Gasteiger partial charge < -0.3 is 11.1 Å². The van der Waals surface area contributed by atoms with Crippen molar-refractivity contribution >= 4 is 15.9 Å². The predicted molar refractivity (Wildman–Crippen MR) is 79.7 cm³/mol. The van der Waals surface area contributed by atoms with Crippen LogP contribution in [0.4, 0.5) is 0 Å². The first kappa shape index (κ1) is 17.4. The summed E-state index contributed by atoms with van der Waals surface area (Å²) in [5, 5.41) is 2.83. The average Bonchev–Trinajstić information content (AvgIpc) is 2.43. The molecule has 0 aromatic rings. The van der Waals surface area contributed by atoms with Gasteiger partial charge in [0.05, 0.1) is 5.75 Å². The summed E-state index contributed by atoms with van der Waals surface area (Å²) in [7, 11) is -3.31. The van der Waals surface area contributed by atoms with E-state index in [1.54, 1.807) is 0 Å². The van der Waals surface area contributed by atoms with Crippen LogP contribution in [-0.4, -0.2) is 50.1 Å². The number of unbranched alkanes of at least 4 members (excludes halogenated alkanes) is 1. The van der Waals surface area contributed by atoms with Crippen LogP contribution in [0.2, 0.25) is 0 Å². The lowest BCUT2D eigenvalue weighted by Crippen LogP contribution is -2.52. The van der Waals surface area contributed by atoms with E-state index >= 15 is 0 Å². The van der Waals surface area contributed by atoms with E-state index in [4.69, 9.17) is 5.73 Å². The van der Waals surface area contributed by atoms with Crippen molar-refractivity contribution in [1.29, 1.82) is 0 Å². The summed E-state index contributed by atoms with van der Waals surface area (Å²) in [6.07, 6.45) is 4.62. The topological polar surface area (TPSA) is 92.5 Å². The van der Waals surface area contributed by atoms with Crippen molar-refractivity contribution in [1.82, 2.24) is 9.62 Å². The molecule has 1 rings (SSSR count). The molecule has 3 N–H and O–H groups in total. The molecule has 1 saturated heterocycles. The van der Waals surface area contributed by atoms with Crippen LogP contribution in [0.25, 0.3) is 0 Å². The van der Waals surface area contributed by atoms with Gasteiger partial charge in [-0.05, 0) is 38.6 Å². The minimum atomic E-state index is -3.31. The van der Waals surface area contributed by atoms with Crippen LogP contribution in [0.1, 0.15) is 45.4 Å². The molecule has 20 heavy (non-hydrogen) atoms. The van der Waals surface area contributed by atoms with Gasteiger partial charge in [0, 0.05) is 13.1 Å². The predicted octanol–water partition coefficient (Wildman–Crippen LogP) is 0.436. The second kappa shape index (κ2) is 8.59. The van der Waals surface area contributed by atoms with E-state index in [0.717, 1.165) is 25.7 Å². The minimum absolute atomic E-state index is 0.115. The summed E-state index contributed by atoms with van der Waals surface area (Å²) in [6.45, 7) is 3.47. The normalized spacial score (nSPS) is 20.8. The van der Waals surface area contributed by atoms with Crippen molar-refractivity contribution in [3.8, 4) is 0 Å². The first-order valence-electron chi connectivity index (χ1n) is 7.50. The first-order chi connectivity index (χ1) is 9.53. The molecule has 0 bridgehead atoms. The average molecular weight is 305 g/mol. The van der Waals surface area contributed by atoms with Gasteiger partial charge in [0.25, 0.3) is 0 Å². The molecular weight excluding hydrogens is 278 g/mol. The third-order valence-corrected chi connectivity index (χ3v) is 5.58. The molecule has 0 saturated carbocycles. The van der Waals surface area contributed by atoms with Crippen LogP contribution in [0.5, 0.6) is 0 Å². The summed E-state index contributed by atoms with van der Waals surface area (Å²) in [5.41, 5.74) is 5.40. The van der Waals surface area contributed by atoms with Crippen LogP contribution in [0, 0.1) is 0 Å².